The van der Waals surface area contributed by atoms with Gasteiger partial charge in [0.25, 0.3) is 0 Å². The Hall–Kier alpha value is -1.73. The summed E-state index contributed by atoms with van der Waals surface area (Å²) in [6, 6.07) is 6.02. The van der Waals surface area contributed by atoms with E-state index >= 15 is 0 Å². The van der Waals surface area contributed by atoms with E-state index in [0.29, 0.717) is 12.4 Å². The van der Waals surface area contributed by atoms with Gasteiger partial charge in [-0.1, -0.05) is 27.9 Å². The molecule has 0 atom stereocenters. The van der Waals surface area contributed by atoms with Crippen molar-refractivity contribution >= 4 is 21.7 Å². The molecule has 1 aromatic heterocycles. The first-order valence-corrected chi connectivity index (χ1v) is 5.93. The van der Waals surface area contributed by atoms with Gasteiger partial charge in [0, 0.05) is 10.0 Å². The van der Waals surface area contributed by atoms with Gasteiger partial charge in [0.05, 0.1) is 12.9 Å². The number of halogens is 1. The minimum Gasteiger partial charge on any atom is -0.383 e. The molecule has 17 heavy (non-hydrogen) atoms. The Kier molecular flexibility index (Phi) is 3.21. The van der Waals surface area contributed by atoms with Crippen LogP contribution >= 0.6 is 15.9 Å². The summed E-state index contributed by atoms with van der Waals surface area (Å²) < 4.78 is 2.83. The molecule has 0 saturated carbocycles. The molecule has 2 N–H and O–H groups in total. The van der Waals surface area contributed by atoms with Crippen LogP contribution in [0.3, 0.4) is 0 Å². The molecule has 0 unspecified atom stereocenters. The van der Waals surface area contributed by atoms with Gasteiger partial charge in [0.15, 0.2) is 0 Å². The number of hydrogen-bond acceptors (Lipinski definition) is 2. The van der Waals surface area contributed by atoms with Crippen LogP contribution in [-0.4, -0.2) is 9.55 Å². The highest BCUT2D eigenvalue weighted by molar-refractivity contribution is 9.10. The zero-order valence-corrected chi connectivity index (χ0v) is 11.0. The number of anilines is 1. The predicted molar refractivity (Wildman–Crippen MR) is 73.3 cm³/mol. The SMILES string of the molecule is C#CCn1cnc(-c2ccc(Br)c(C)c2)c1N. The van der Waals surface area contributed by atoms with Crippen molar-refractivity contribution in [2.75, 3.05) is 5.73 Å². The summed E-state index contributed by atoms with van der Waals surface area (Å²) in [6.45, 7) is 2.47. The molecule has 0 aliphatic carbocycles. The molecule has 0 aliphatic rings. The van der Waals surface area contributed by atoms with Crippen LogP contribution < -0.4 is 5.73 Å². The Labute approximate surface area is 109 Å². The maximum atomic E-state index is 6.00. The van der Waals surface area contributed by atoms with Crippen molar-refractivity contribution in [2.24, 2.45) is 0 Å². The first-order chi connectivity index (χ1) is 8.13. The van der Waals surface area contributed by atoms with Crippen LogP contribution in [-0.2, 0) is 6.54 Å². The van der Waals surface area contributed by atoms with Crippen molar-refractivity contribution in [1.29, 1.82) is 0 Å². The summed E-state index contributed by atoms with van der Waals surface area (Å²) in [7, 11) is 0. The summed E-state index contributed by atoms with van der Waals surface area (Å²) >= 11 is 3.47. The normalized spacial score (nSPS) is 10.2. The molecule has 3 nitrogen and oxygen atoms in total. The van der Waals surface area contributed by atoms with Gasteiger partial charge in [-0.3, -0.25) is 0 Å². The second kappa shape index (κ2) is 4.64. The van der Waals surface area contributed by atoms with E-state index in [1.54, 1.807) is 10.9 Å². The number of aromatic nitrogens is 2. The lowest BCUT2D eigenvalue weighted by molar-refractivity contribution is 0.852. The Balaban J connectivity index is 2.47. The second-order valence-corrected chi connectivity index (χ2v) is 4.63. The molecule has 1 aromatic carbocycles. The molecule has 2 rings (SSSR count). The van der Waals surface area contributed by atoms with Crippen LogP contribution in [0.1, 0.15) is 5.56 Å². The largest absolute Gasteiger partial charge is 0.383 e. The van der Waals surface area contributed by atoms with E-state index in [9.17, 15) is 0 Å². The Morgan fingerprint density at radius 2 is 2.29 bits per heavy atom. The number of imidazole rings is 1. The molecule has 4 heteroatoms. The molecule has 1 heterocycles. The fourth-order valence-electron chi connectivity index (χ4n) is 1.63. The monoisotopic (exact) mass is 289 g/mol. The highest BCUT2D eigenvalue weighted by Crippen LogP contribution is 2.27. The van der Waals surface area contributed by atoms with E-state index in [4.69, 9.17) is 12.2 Å². The number of aryl methyl sites for hydroxylation is 1. The maximum absolute atomic E-state index is 6.00. The molecule has 2 aromatic rings. The van der Waals surface area contributed by atoms with Crippen molar-refractivity contribution in [3.63, 3.8) is 0 Å². The molecule has 0 saturated heterocycles. The molecule has 86 valence electrons. The van der Waals surface area contributed by atoms with Gasteiger partial charge in [-0.15, -0.1) is 6.42 Å². The van der Waals surface area contributed by atoms with Crippen LogP contribution in [0.4, 0.5) is 5.82 Å². The van der Waals surface area contributed by atoms with Gasteiger partial charge >= 0.3 is 0 Å². The van der Waals surface area contributed by atoms with Crippen LogP contribution in [0.15, 0.2) is 29.0 Å². The van der Waals surface area contributed by atoms with Crippen molar-refractivity contribution < 1.29 is 0 Å². The molecule has 0 amide bonds. The number of terminal acetylenes is 1. The molecule has 0 fully saturated rings. The number of nitrogens with zero attached hydrogens (tertiary/aromatic N) is 2. The fourth-order valence-corrected chi connectivity index (χ4v) is 1.88. The molecular weight excluding hydrogens is 278 g/mol. The van der Waals surface area contributed by atoms with E-state index < -0.39 is 0 Å². The fraction of sp³-hybridized carbons (Fsp3) is 0.154. The average molecular weight is 290 g/mol. The van der Waals surface area contributed by atoms with Crippen LogP contribution in [0.25, 0.3) is 11.3 Å². The number of hydrogen-bond donors (Lipinski definition) is 1. The number of benzene rings is 1. The lowest BCUT2D eigenvalue weighted by atomic mass is 10.1. The van der Waals surface area contributed by atoms with Crippen molar-refractivity contribution in [2.45, 2.75) is 13.5 Å². The maximum Gasteiger partial charge on any atom is 0.132 e. The van der Waals surface area contributed by atoms with Crippen LogP contribution in [0.5, 0.6) is 0 Å². The summed E-state index contributed by atoms with van der Waals surface area (Å²) in [4.78, 5) is 4.30. The van der Waals surface area contributed by atoms with Gasteiger partial charge in [0.1, 0.15) is 11.5 Å². The number of nitrogens with two attached hydrogens (primary N) is 1. The van der Waals surface area contributed by atoms with Gasteiger partial charge in [-0.05, 0) is 24.6 Å². The highest BCUT2D eigenvalue weighted by atomic mass is 79.9. The molecule has 0 bridgehead atoms. The lowest BCUT2D eigenvalue weighted by Crippen LogP contribution is -2.00. The van der Waals surface area contributed by atoms with Gasteiger partial charge in [0.2, 0.25) is 0 Å². The van der Waals surface area contributed by atoms with Gasteiger partial charge in [-0.2, -0.15) is 0 Å². The smallest absolute Gasteiger partial charge is 0.132 e. The summed E-state index contributed by atoms with van der Waals surface area (Å²) in [5.74, 6) is 3.15. The molecular formula is C13H12BrN3. The minimum absolute atomic E-state index is 0.439. The van der Waals surface area contributed by atoms with Crippen molar-refractivity contribution in [1.82, 2.24) is 9.55 Å². The third kappa shape index (κ3) is 2.20. The van der Waals surface area contributed by atoms with Crippen molar-refractivity contribution in [3.8, 4) is 23.6 Å². The van der Waals surface area contributed by atoms with E-state index in [0.717, 1.165) is 21.3 Å². The van der Waals surface area contributed by atoms with Crippen LogP contribution in [0, 0.1) is 19.3 Å². The lowest BCUT2D eigenvalue weighted by Gasteiger charge is -2.04. The zero-order chi connectivity index (χ0) is 12.4. The first-order valence-electron chi connectivity index (χ1n) is 5.14. The summed E-state index contributed by atoms with van der Waals surface area (Å²) in [6.07, 6.45) is 6.93. The van der Waals surface area contributed by atoms with Crippen LogP contribution in [0.2, 0.25) is 0 Å². The standard InChI is InChI=1S/C13H12BrN3/c1-3-6-17-8-16-12(13(17)15)10-4-5-11(14)9(2)7-10/h1,4-5,7-8H,6,15H2,2H3. The molecule has 0 spiro atoms. The van der Waals surface area contributed by atoms with E-state index in [1.807, 2.05) is 25.1 Å². The van der Waals surface area contributed by atoms with Gasteiger partial charge < -0.3 is 10.3 Å². The zero-order valence-electron chi connectivity index (χ0n) is 9.44. The summed E-state index contributed by atoms with van der Waals surface area (Å²) in [5, 5.41) is 0. The number of rotatable bonds is 2. The Morgan fingerprint density at radius 3 is 2.94 bits per heavy atom. The Bertz CT molecular complexity index is 593. The van der Waals surface area contributed by atoms with Gasteiger partial charge in [-0.25, -0.2) is 4.98 Å². The first kappa shape index (κ1) is 11.7. The average Bonchev–Trinajstić information content (AvgIpc) is 2.66. The Morgan fingerprint density at radius 1 is 1.53 bits per heavy atom. The predicted octanol–water partition coefficient (Wildman–Crippen LogP) is 2.84. The minimum atomic E-state index is 0.439. The van der Waals surface area contributed by atoms with E-state index in [-0.39, 0.29) is 0 Å². The highest BCUT2D eigenvalue weighted by Gasteiger charge is 2.09. The third-order valence-corrected chi connectivity index (χ3v) is 3.46. The van der Waals surface area contributed by atoms with Crippen molar-refractivity contribution in [3.05, 3.63) is 34.6 Å². The third-order valence-electron chi connectivity index (χ3n) is 2.57. The molecule has 0 radical (unpaired) electrons. The summed E-state index contributed by atoms with van der Waals surface area (Å²) in [5.41, 5.74) is 8.92. The quantitative estimate of drug-likeness (QED) is 0.864. The topological polar surface area (TPSA) is 43.8 Å². The second-order valence-electron chi connectivity index (χ2n) is 3.77. The van der Waals surface area contributed by atoms with E-state index in [2.05, 4.69) is 26.8 Å². The van der Waals surface area contributed by atoms with E-state index in [1.165, 1.54) is 0 Å². The number of nitrogen functional groups attached to an aromatic ring is 1. The molecule has 0 aliphatic heterocycles.